The van der Waals surface area contributed by atoms with Gasteiger partial charge in [-0.15, -0.1) is 11.6 Å². The van der Waals surface area contributed by atoms with Gasteiger partial charge in [0.25, 0.3) is 0 Å². The van der Waals surface area contributed by atoms with Crippen LogP contribution in [0.4, 0.5) is 5.69 Å². The Morgan fingerprint density at radius 1 is 1.19 bits per heavy atom. The number of hydrogen-bond acceptors (Lipinski definition) is 3. The molecular weight excluding hydrogens is 224 g/mol. The summed E-state index contributed by atoms with van der Waals surface area (Å²) in [5.41, 5.74) is 1.57. The van der Waals surface area contributed by atoms with E-state index in [1.165, 1.54) is 0 Å². The highest BCUT2D eigenvalue weighted by molar-refractivity contribution is 6.58. The Labute approximate surface area is 102 Å². The van der Waals surface area contributed by atoms with Gasteiger partial charge >= 0.3 is 7.12 Å². The molecule has 16 heavy (non-hydrogen) atoms. The second kappa shape index (κ2) is 6.79. The van der Waals surface area contributed by atoms with Crippen LogP contribution in [0.3, 0.4) is 0 Å². The van der Waals surface area contributed by atoms with E-state index in [4.69, 9.17) is 21.6 Å². The van der Waals surface area contributed by atoms with Gasteiger partial charge in [-0.1, -0.05) is 19.1 Å². The molecule has 0 heterocycles. The van der Waals surface area contributed by atoms with E-state index < -0.39 is 7.12 Å². The van der Waals surface area contributed by atoms with Gasteiger partial charge in [-0.05, 0) is 24.0 Å². The molecule has 0 saturated heterocycles. The van der Waals surface area contributed by atoms with E-state index in [-0.39, 0.29) is 0 Å². The molecule has 0 unspecified atom stereocenters. The Kier molecular flexibility index (Phi) is 5.67. The van der Waals surface area contributed by atoms with E-state index in [1.54, 1.807) is 12.1 Å². The number of alkyl halides is 1. The Bertz CT molecular complexity index is 299. The normalized spacial score (nSPS) is 10.2. The van der Waals surface area contributed by atoms with Crippen LogP contribution in [0.5, 0.6) is 0 Å². The van der Waals surface area contributed by atoms with Crippen LogP contribution in [0.15, 0.2) is 24.3 Å². The summed E-state index contributed by atoms with van der Waals surface area (Å²) in [6.07, 6.45) is 1.06. The number of benzene rings is 1. The molecule has 0 amide bonds. The van der Waals surface area contributed by atoms with Gasteiger partial charge in [-0.3, -0.25) is 0 Å². The molecule has 0 aliphatic rings. The first kappa shape index (κ1) is 13.4. The van der Waals surface area contributed by atoms with Gasteiger partial charge in [0.1, 0.15) is 0 Å². The number of halogens is 1. The summed E-state index contributed by atoms with van der Waals surface area (Å²) in [5.74, 6) is 0.588. The monoisotopic (exact) mass is 241 g/mol. The lowest BCUT2D eigenvalue weighted by atomic mass is 9.80. The predicted molar refractivity (Wildman–Crippen MR) is 69.5 cm³/mol. The van der Waals surface area contributed by atoms with Crippen molar-refractivity contribution >= 4 is 29.9 Å². The summed E-state index contributed by atoms with van der Waals surface area (Å²) in [5, 5.41) is 18.0. The van der Waals surface area contributed by atoms with Crippen molar-refractivity contribution in [2.45, 2.75) is 13.3 Å². The third kappa shape index (κ3) is 3.70. The first-order valence-electron chi connectivity index (χ1n) is 5.46. The predicted octanol–water partition coefficient (Wildman–Crippen LogP) is 0.822. The number of nitrogens with zero attached hydrogens (tertiary/aromatic N) is 1. The zero-order valence-electron chi connectivity index (χ0n) is 9.43. The molecule has 0 saturated carbocycles. The van der Waals surface area contributed by atoms with Crippen LogP contribution in [0.2, 0.25) is 0 Å². The fraction of sp³-hybridized carbons (Fsp3) is 0.455. The molecule has 0 spiro atoms. The van der Waals surface area contributed by atoms with Crippen LogP contribution in [-0.2, 0) is 0 Å². The van der Waals surface area contributed by atoms with E-state index in [9.17, 15) is 0 Å². The Morgan fingerprint density at radius 3 is 2.25 bits per heavy atom. The molecule has 0 atom stereocenters. The maximum Gasteiger partial charge on any atom is 0.488 e. The molecule has 2 N–H and O–H groups in total. The summed E-state index contributed by atoms with van der Waals surface area (Å²) >= 11 is 5.74. The molecule has 1 aromatic carbocycles. The van der Waals surface area contributed by atoms with Crippen molar-refractivity contribution in [1.29, 1.82) is 0 Å². The second-order valence-electron chi connectivity index (χ2n) is 3.64. The lowest BCUT2D eigenvalue weighted by Crippen LogP contribution is -2.31. The molecule has 0 aromatic heterocycles. The van der Waals surface area contributed by atoms with E-state index in [0.717, 1.165) is 25.2 Å². The van der Waals surface area contributed by atoms with Gasteiger partial charge in [0, 0.05) is 24.7 Å². The Morgan fingerprint density at radius 2 is 1.81 bits per heavy atom. The molecule has 0 bridgehead atoms. The lowest BCUT2D eigenvalue weighted by Gasteiger charge is -2.23. The molecule has 5 heteroatoms. The van der Waals surface area contributed by atoms with Gasteiger partial charge in [-0.25, -0.2) is 0 Å². The maximum atomic E-state index is 8.98. The van der Waals surface area contributed by atoms with Crippen molar-refractivity contribution < 1.29 is 10.0 Å². The molecule has 1 aromatic rings. The molecule has 0 aliphatic carbocycles. The fourth-order valence-electron chi connectivity index (χ4n) is 1.60. The second-order valence-corrected chi connectivity index (χ2v) is 4.02. The molecule has 3 nitrogen and oxygen atoms in total. The molecule has 0 aliphatic heterocycles. The van der Waals surface area contributed by atoms with E-state index >= 15 is 0 Å². The molecule has 0 radical (unpaired) electrons. The average molecular weight is 242 g/mol. The highest BCUT2D eigenvalue weighted by atomic mass is 35.5. The van der Waals surface area contributed by atoms with Crippen molar-refractivity contribution in [2.75, 3.05) is 23.9 Å². The highest BCUT2D eigenvalue weighted by Crippen LogP contribution is 2.12. The summed E-state index contributed by atoms with van der Waals surface area (Å²) in [4.78, 5) is 2.18. The summed E-state index contributed by atoms with van der Waals surface area (Å²) in [6.45, 7) is 3.87. The van der Waals surface area contributed by atoms with E-state index in [0.29, 0.717) is 11.3 Å². The van der Waals surface area contributed by atoms with E-state index in [1.807, 2.05) is 12.1 Å². The van der Waals surface area contributed by atoms with Crippen LogP contribution in [-0.4, -0.2) is 36.1 Å². The van der Waals surface area contributed by atoms with Gasteiger partial charge in [0.05, 0.1) is 0 Å². The highest BCUT2D eigenvalue weighted by Gasteiger charge is 2.11. The van der Waals surface area contributed by atoms with Crippen molar-refractivity contribution in [3.8, 4) is 0 Å². The van der Waals surface area contributed by atoms with Crippen LogP contribution in [0.25, 0.3) is 0 Å². The van der Waals surface area contributed by atoms with Crippen molar-refractivity contribution in [3.63, 3.8) is 0 Å². The average Bonchev–Trinajstić information content (AvgIpc) is 2.29. The SMILES string of the molecule is CCCN(CCCl)c1ccc(B(O)O)cc1. The smallest absolute Gasteiger partial charge is 0.423 e. The third-order valence-corrected chi connectivity index (χ3v) is 2.57. The summed E-state index contributed by atoms with van der Waals surface area (Å²) in [7, 11) is -1.40. The zero-order chi connectivity index (χ0) is 12.0. The Balaban J connectivity index is 2.76. The topological polar surface area (TPSA) is 43.7 Å². The minimum atomic E-state index is -1.40. The third-order valence-electron chi connectivity index (χ3n) is 2.40. The minimum Gasteiger partial charge on any atom is -0.423 e. The van der Waals surface area contributed by atoms with Gasteiger partial charge in [0.2, 0.25) is 0 Å². The molecular formula is C11H17BClNO2. The quantitative estimate of drug-likeness (QED) is 0.573. The van der Waals surface area contributed by atoms with Crippen LogP contribution in [0.1, 0.15) is 13.3 Å². The number of rotatable bonds is 6. The maximum absolute atomic E-state index is 8.98. The first-order chi connectivity index (χ1) is 7.69. The standard InChI is InChI=1S/C11H17BClNO2/c1-2-8-14(9-7-13)11-5-3-10(4-6-11)12(15)16/h3-6,15-16H,2,7-9H2,1H3. The first-order valence-corrected chi connectivity index (χ1v) is 5.99. The molecule has 88 valence electrons. The summed E-state index contributed by atoms with van der Waals surface area (Å²) in [6, 6.07) is 7.21. The Hall–Kier alpha value is -0.705. The largest absolute Gasteiger partial charge is 0.488 e. The van der Waals surface area contributed by atoms with Crippen molar-refractivity contribution in [1.82, 2.24) is 0 Å². The number of anilines is 1. The van der Waals surface area contributed by atoms with Crippen molar-refractivity contribution in [2.24, 2.45) is 0 Å². The van der Waals surface area contributed by atoms with Gasteiger partial charge in [0.15, 0.2) is 0 Å². The molecule has 0 fully saturated rings. The van der Waals surface area contributed by atoms with Gasteiger partial charge in [-0.2, -0.15) is 0 Å². The summed E-state index contributed by atoms with van der Waals surface area (Å²) < 4.78 is 0. The van der Waals surface area contributed by atoms with Crippen LogP contribution < -0.4 is 10.4 Å². The number of hydrogen-bond donors (Lipinski definition) is 2. The van der Waals surface area contributed by atoms with Crippen LogP contribution in [0, 0.1) is 0 Å². The molecule has 1 rings (SSSR count). The van der Waals surface area contributed by atoms with E-state index in [2.05, 4.69) is 11.8 Å². The zero-order valence-corrected chi connectivity index (χ0v) is 10.2. The minimum absolute atomic E-state index is 0.506. The van der Waals surface area contributed by atoms with Crippen LogP contribution >= 0.6 is 11.6 Å². The van der Waals surface area contributed by atoms with Gasteiger partial charge < -0.3 is 14.9 Å². The van der Waals surface area contributed by atoms with Crippen molar-refractivity contribution in [3.05, 3.63) is 24.3 Å². The lowest BCUT2D eigenvalue weighted by molar-refractivity contribution is 0.426. The fourth-order valence-corrected chi connectivity index (χ4v) is 1.80.